The number of benzene rings is 15. The predicted molar refractivity (Wildman–Crippen MR) is 461 cm³/mol. The number of nitrogens with zero attached hydrogens (tertiary/aromatic N) is 3. The molecule has 0 N–H and O–H groups in total. The summed E-state index contributed by atoms with van der Waals surface area (Å²) in [6.07, 6.45) is 0. The van der Waals surface area contributed by atoms with Gasteiger partial charge in [0.15, 0.2) is 0 Å². The molecule has 0 unspecified atom stereocenters. The van der Waals surface area contributed by atoms with Crippen LogP contribution in [0.2, 0.25) is 0 Å². The van der Waals surface area contributed by atoms with Crippen LogP contribution in [-0.4, -0.2) is 18.0 Å². The molecule has 0 aliphatic carbocycles. The molecule has 16 aromatic rings. The number of aromatic nitrogens is 1. The minimum absolute atomic E-state index is 0.137. The molecule has 522 valence electrons. The second-order valence-corrected chi connectivity index (χ2v) is 32.3. The molecule has 15 aromatic carbocycles. The zero-order valence-corrected chi connectivity index (χ0v) is 62.1. The van der Waals surface area contributed by atoms with E-state index in [1.807, 2.05) is 84.9 Å². The molecule has 0 spiro atoms. The van der Waals surface area contributed by atoms with Gasteiger partial charge in [0.1, 0.15) is 23.0 Å². The number of hydrogen-bond donors (Lipinski definition) is 0. The van der Waals surface area contributed by atoms with Crippen molar-refractivity contribution in [2.45, 2.75) is 78.6 Å². The lowest BCUT2D eigenvalue weighted by atomic mass is 9.30. The minimum atomic E-state index is -1.14. The number of rotatable bonds is 9. The van der Waals surface area contributed by atoms with Crippen molar-refractivity contribution in [1.29, 1.82) is 0 Å². The maximum absolute atomic E-state index is 12.0. The Bertz CT molecular complexity index is 6840. The molecule has 0 amide bonds. The van der Waals surface area contributed by atoms with Crippen molar-refractivity contribution in [3.05, 3.63) is 344 Å². The van der Waals surface area contributed by atoms with Crippen LogP contribution < -0.4 is 52.1 Å². The molecule has 7 heteroatoms. The van der Waals surface area contributed by atoms with Gasteiger partial charge in [0.25, 0.3) is 13.4 Å². The summed E-state index contributed by atoms with van der Waals surface area (Å²) < 4.78 is 129. The zero-order chi connectivity index (χ0) is 83.3. The first-order valence-corrected chi connectivity index (χ1v) is 37.5. The quantitative estimate of drug-likeness (QED) is 0.135. The van der Waals surface area contributed by atoms with E-state index < -0.39 is 78.6 Å². The van der Waals surface area contributed by atoms with Gasteiger partial charge >= 0.3 is 0 Å². The number of fused-ring (bicyclic) bond motifs is 12. The molecule has 4 aliphatic heterocycles. The van der Waals surface area contributed by atoms with Crippen molar-refractivity contribution in [3.63, 3.8) is 0 Å². The molecule has 0 saturated heterocycles. The second kappa shape index (κ2) is 25.0. The summed E-state index contributed by atoms with van der Waals surface area (Å²) in [5, 5.41) is -0.452. The Morgan fingerprint density at radius 3 is 1.10 bits per heavy atom. The maximum atomic E-state index is 12.0. The Balaban J connectivity index is 1.03. The first-order chi connectivity index (χ1) is 57.6. The highest BCUT2D eigenvalue weighted by atomic mass is 16.5. The van der Waals surface area contributed by atoms with Gasteiger partial charge in [0.2, 0.25) is 0 Å². The molecule has 0 bridgehead atoms. The highest BCUT2D eigenvalue weighted by Gasteiger charge is 2.52. The van der Waals surface area contributed by atoms with Crippen LogP contribution in [0.1, 0.15) is 94.1 Å². The molecule has 0 radical (unpaired) electrons. The third kappa shape index (κ3) is 10.7. The van der Waals surface area contributed by atoms with E-state index in [4.69, 9.17) is 9.47 Å². The molecule has 5 nitrogen and oxygen atoms in total. The molecule has 4 aliphatic rings. The lowest BCUT2D eigenvalue weighted by Gasteiger charge is -2.48. The van der Waals surface area contributed by atoms with Gasteiger partial charge in [-0.25, -0.2) is 0 Å². The number of para-hydroxylation sites is 2. The second-order valence-electron chi connectivity index (χ2n) is 32.3. The van der Waals surface area contributed by atoms with Gasteiger partial charge in [-0.2, -0.15) is 0 Å². The van der Waals surface area contributed by atoms with E-state index in [2.05, 4.69) is 248 Å². The van der Waals surface area contributed by atoms with E-state index in [0.29, 0.717) is 51.0 Å². The van der Waals surface area contributed by atoms with Crippen molar-refractivity contribution >= 4 is 102 Å². The molecule has 5 heterocycles. The predicted octanol–water partition coefficient (Wildman–Crippen LogP) is 23.5. The van der Waals surface area contributed by atoms with E-state index in [0.717, 1.165) is 111 Å². The van der Waals surface area contributed by atoms with Gasteiger partial charge in [0.05, 0.1) is 37.5 Å². The van der Waals surface area contributed by atoms with Crippen LogP contribution in [-0.2, 0) is 16.2 Å². The third-order valence-electron chi connectivity index (χ3n) is 22.5. The van der Waals surface area contributed by atoms with Crippen molar-refractivity contribution in [2.75, 3.05) is 9.80 Å². The fraction of sp³-hybridized carbons (Fsp3) is 0.118. The summed E-state index contributed by atoms with van der Waals surface area (Å²) in [7, 11) is 0. The average molecular weight is 1410 g/mol. The molecule has 0 saturated carbocycles. The fourth-order valence-corrected chi connectivity index (χ4v) is 17.0. The molecule has 1 aromatic heterocycles. The van der Waals surface area contributed by atoms with Crippen LogP contribution in [0.5, 0.6) is 23.0 Å². The van der Waals surface area contributed by atoms with E-state index in [1.165, 1.54) is 4.57 Å². The van der Waals surface area contributed by atoms with E-state index in [9.17, 15) is 15.1 Å². The third-order valence-corrected chi connectivity index (χ3v) is 22.5. The number of ether oxygens (including phenoxy) is 2. The van der Waals surface area contributed by atoms with Gasteiger partial charge in [-0.05, 0) is 177 Å². The maximum Gasteiger partial charge on any atom is 0.260 e. The summed E-state index contributed by atoms with van der Waals surface area (Å²) in [6.45, 7) is 18.2. The molecule has 109 heavy (non-hydrogen) atoms. The molecular formula is C102H81B2N3O2. The number of hydrogen-bond acceptors (Lipinski definition) is 4. The lowest BCUT2D eigenvalue weighted by molar-refractivity contribution is 0.467. The van der Waals surface area contributed by atoms with E-state index in [-0.39, 0.29) is 56.1 Å². The van der Waals surface area contributed by atoms with E-state index in [1.54, 1.807) is 0 Å². The normalized spacial score (nSPS) is 14.7. The smallest absolute Gasteiger partial charge is 0.260 e. The van der Waals surface area contributed by atoms with Crippen LogP contribution in [0.4, 0.5) is 34.1 Å². The van der Waals surface area contributed by atoms with Gasteiger partial charge in [-0.3, -0.25) is 0 Å². The van der Waals surface area contributed by atoms with Gasteiger partial charge < -0.3 is 23.8 Å². The monoisotopic (exact) mass is 1410 g/mol. The summed E-state index contributed by atoms with van der Waals surface area (Å²) in [5.74, 6) is 2.21. The SMILES string of the molecule is [2H]c1c([2H])c(-n2c3c([2H])c([2H])c([2H])c([2H])c3c3c([2H])c([2H])c([2H])c([2H])c32)c([2H])c2c1B1c3c(cc(C(C)(C)C)cc3N2c2c(-c3ccccc3)cc(C(C)(C)C)cc2-c2ccccc2)N(c2c(-c3ccccc3)cc(C(C)(C)C)cc2-c2ccccc2)c2cc3c4c(c21)Oc1cc(-c2ccccc2)ccc1B4c1ccc(-c2ccccc2)cc1O3. The molecule has 20 rings (SSSR count). The van der Waals surface area contributed by atoms with Crippen molar-refractivity contribution in [3.8, 4) is 95.4 Å². The lowest BCUT2D eigenvalue weighted by Crippen LogP contribution is -2.65. The summed E-state index contributed by atoms with van der Waals surface area (Å²) in [6, 6.07) is 84.5. The average Bonchev–Trinajstić information content (AvgIpc) is 0.832. The van der Waals surface area contributed by atoms with Crippen LogP contribution in [0, 0.1) is 0 Å². The Hall–Kier alpha value is -12.6. The van der Waals surface area contributed by atoms with Crippen molar-refractivity contribution in [2.24, 2.45) is 0 Å². The Kier molecular flexibility index (Phi) is 12.6. The standard InChI is InChI=1S/C102H81B2N3O2/c1-100(2,3)72-56-78(66-36-20-12-21-37-66)97(79(57-72)67-38-22-13-23-39-67)106-87-62-75(105-85-46-30-28-44-76(85)77-45-29-31-47-86(77)105)50-53-82(87)104-94-88(106)60-74(102(7,8)9)61-89(94)107(98-80(68-40-24-14-25-41-68)58-73(101(4,5)6)59-81(98)69-42-26-15-27-43-69)90-63-93-96-99(95(90)104)109-92-55-71(65-34-18-11-19-35-65)49-52-84(92)103(96)83-51-48-70(54-91(83)108-93)64-32-16-10-17-33-64/h10-63H,1-9H3/i28D,29D,30D,31D,44D,45D,46D,47D,50D,53D,62D. The Morgan fingerprint density at radius 2 is 0.679 bits per heavy atom. The van der Waals surface area contributed by atoms with Gasteiger partial charge in [-0.1, -0.05) is 311 Å². The molecule has 0 atom stereocenters. The minimum Gasteiger partial charge on any atom is -0.459 e. The number of anilines is 6. The first kappa shape index (κ1) is 54.9. The summed E-state index contributed by atoms with van der Waals surface area (Å²) in [5.41, 5.74) is 18.9. The first-order valence-electron chi connectivity index (χ1n) is 43.0. The van der Waals surface area contributed by atoms with Crippen LogP contribution in [0.15, 0.2) is 327 Å². The largest absolute Gasteiger partial charge is 0.459 e. The van der Waals surface area contributed by atoms with Gasteiger partial charge in [0, 0.05) is 73.0 Å². The molecular weight excluding hydrogens is 1320 g/mol. The zero-order valence-electron chi connectivity index (χ0n) is 73.1. The summed E-state index contributed by atoms with van der Waals surface area (Å²) in [4.78, 5) is 4.56. The Labute approximate surface area is 655 Å². The fourth-order valence-electron chi connectivity index (χ4n) is 17.0. The van der Waals surface area contributed by atoms with E-state index >= 15 is 0 Å². The van der Waals surface area contributed by atoms with Crippen LogP contribution >= 0.6 is 0 Å². The topological polar surface area (TPSA) is 29.9 Å². The summed E-state index contributed by atoms with van der Waals surface area (Å²) >= 11 is 0. The van der Waals surface area contributed by atoms with Crippen molar-refractivity contribution < 1.29 is 24.6 Å². The van der Waals surface area contributed by atoms with Crippen LogP contribution in [0.3, 0.4) is 0 Å². The highest BCUT2D eigenvalue weighted by Crippen LogP contribution is 2.57. The van der Waals surface area contributed by atoms with Crippen molar-refractivity contribution in [1.82, 2.24) is 4.57 Å². The molecule has 0 fully saturated rings. The van der Waals surface area contributed by atoms with Crippen LogP contribution in [0.25, 0.3) is 94.3 Å². The highest BCUT2D eigenvalue weighted by molar-refractivity contribution is 7.03. The van der Waals surface area contributed by atoms with Gasteiger partial charge in [-0.15, -0.1) is 0 Å². The Morgan fingerprint density at radius 1 is 0.303 bits per heavy atom.